The van der Waals surface area contributed by atoms with Crippen LogP contribution in [0.25, 0.3) is 0 Å². The van der Waals surface area contributed by atoms with Gasteiger partial charge >= 0.3 is 11.8 Å². The highest BCUT2D eigenvalue weighted by Crippen LogP contribution is 2.17. The minimum atomic E-state index is -0.693. The van der Waals surface area contributed by atoms with Crippen LogP contribution in [0, 0.1) is 6.92 Å². The average molecular weight is 294 g/mol. The first kappa shape index (κ1) is 17.1. The molecular weight excluding hydrogens is 272 g/mol. The van der Waals surface area contributed by atoms with Gasteiger partial charge in [-0.25, -0.2) is 0 Å². The van der Waals surface area contributed by atoms with Crippen LogP contribution < -0.4 is 10.6 Å². The molecule has 1 aromatic carbocycles. The maximum Gasteiger partial charge on any atom is 0.309 e. The second kappa shape index (κ2) is 9.10. The number of aliphatic hydroxyl groups excluding tert-OH is 1. The number of hydrogen-bond acceptors (Lipinski definition) is 4. The van der Waals surface area contributed by atoms with Crippen LogP contribution in [-0.4, -0.2) is 43.2 Å². The van der Waals surface area contributed by atoms with E-state index in [1.165, 1.54) is 0 Å². The van der Waals surface area contributed by atoms with E-state index in [0.717, 1.165) is 11.1 Å². The first-order chi connectivity index (χ1) is 10.1. The molecule has 0 aliphatic rings. The summed E-state index contributed by atoms with van der Waals surface area (Å²) in [5.74, 6) is -1.36. The zero-order valence-electron chi connectivity index (χ0n) is 12.4. The van der Waals surface area contributed by atoms with Crippen LogP contribution in [0.3, 0.4) is 0 Å². The molecule has 2 amide bonds. The van der Waals surface area contributed by atoms with E-state index >= 15 is 0 Å². The lowest BCUT2D eigenvalue weighted by Crippen LogP contribution is -2.41. The molecule has 0 aliphatic carbocycles. The van der Waals surface area contributed by atoms with Crippen LogP contribution >= 0.6 is 0 Å². The van der Waals surface area contributed by atoms with Crippen molar-refractivity contribution >= 4 is 11.8 Å². The second-order valence-corrected chi connectivity index (χ2v) is 4.56. The standard InChI is InChI=1S/C15H22N2O4/c1-3-16-14(19)15(20)17-10-13(21-9-8-18)12-6-4-11(2)5-7-12/h4-7,13,18H,3,8-10H2,1-2H3,(H,16,19)(H,17,20). The highest BCUT2D eigenvalue weighted by atomic mass is 16.5. The van der Waals surface area contributed by atoms with Crippen LogP contribution in [0.2, 0.25) is 0 Å². The molecule has 0 aliphatic heterocycles. The van der Waals surface area contributed by atoms with Gasteiger partial charge in [0.15, 0.2) is 0 Å². The van der Waals surface area contributed by atoms with Crippen LogP contribution in [0.5, 0.6) is 0 Å². The number of amides is 2. The number of aliphatic hydroxyl groups is 1. The number of aryl methyl sites for hydroxylation is 1. The third-order valence-corrected chi connectivity index (χ3v) is 2.85. The van der Waals surface area contributed by atoms with Gasteiger partial charge in [-0.3, -0.25) is 9.59 Å². The van der Waals surface area contributed by atoms with E-state index in [9.17, 15) is 9.59 Å². The Balaban J connectivity index is 2.64. The third kappa shape index (κ3) is 5.93. The molecule has 1 aromatic rings. The zero-order chi connectivity index (χ0) is 15.7. The number of likely N-dealkylation sites (N-methyl/N-ethyl adjacent to an activating group) is 1. The van der Waals surface area contributed by atoms with Crippen molar-refractivity contribution in [2.24, 2.45) is 0 Å². The number of nitrogens with one attached hydrogen (secondary N) is 2. The number of benzene rings is 1. The molecule has 21 heavy (non-hydrogen) atoms. The lowest BCUT2D eigenvalue weighted by Gasteiger charge is -2.18. The molecule has 0 spiro atoms. The van der Waals surface area contributed by atoms with Crippen molar-refractivity contribution in [3.8, 4) is 0 Å². The summed E-state index contributed by atoms with van der Waals surface area (Å²) in [6.45, 7) is 4.34. The Morgan fingerprint density at radius 3 is 2.38 bits per heavy atom. The Kier molecular flexibility index (Phi) is 7.42. The lowest BCUT2D eigenvalue weighted by atomic mass is 10.1. The number of ether oxygens (including phenoxy) is 1. The molecule has 0 fully saturated rings. The normalized spacial score (nSPS) is 11.8. The van der Waals surface area contributed by atoms with E-state index < -0.39 is 17.9 Å². The monoisotopic (exact) mass is 294 g/mol. The molecule has 1 rings (SSSR count). The van der Waals surface area contributed by atoms with E-state index in [1.807, 2.05) is 31.2 Å². The molecule has 0 saturated heterocycles. The summed E-state index contributed by atoms with van der Waals surface area (Å²) in [5.41, 5.74) is 2.00. The minimum absolute atomic E-state index is 0.105. The highest BCUT2D eigenvalue weighted by Gasteiger charge is 2.17. The van der Waals surface area contributed by atoms with Gasteiger partial charge in [0.1, 0.15) is 0 Å². The Morgan fingerprint density at radius 1 is 1.19 bits per heavy atom. The molecule has 6 nitrogen and oxygen atoms in total. The lowest BCUT2D eigenvalue weighted by molar-refractivity contribution is -0.139. The third-order valence-electron chi connectivity index (χ3n) is 2.85. The topological polar surface area (TPSA) is 87.7 Å². The smallest absolute Gasteiger partial charge is 0.309 e. The molecule has 0 bridgehead atoms. The average Bonchev–Trinajstić information content (AvgIpc) is 2.48. The summed E-state index contributed by atoms with van der Waals surface area (Å²) in [4.78, 5) is 22.9. The van der Waals surface area contributed by atoms with Gasteiger partial charge in [-0.1, -0.05) is 29.8 Å². The predicted molar refractivity (Wildman–Crippen MR) is 78.7 cm³/mol. The first-order valence-corrected chi connectivity index (χ1v) is 6.93. The summed E-state index contributed by atoms with van der Waals surface area (Å²) >= 11 is 0. The summed E-state index contributed by atoms with van der Waals surface area (Å²) in [6.07, 6.45) is -0.406. The quantitative estimate of drug-likeness (QED) is 0.631. The van der Waals surface area contributed by atoms with Crippen LogP contribution in [0.4, 0.5) is 0 Å². The van der Waals surface area contributed by atoms with Crippen molar-refractivity contribution in [3.05, 3.63) is 35.4 Å². The fourth-order valence-electron chi connectivity index (χ4n) is 1.76. The highest BCUT2D eigenvalue weighted by molar-refractivity contribution is 6.35. The molecule has 0 heterocycles. The molecule has 1 unspecified atom stereocenters. The Morgan fingerprint density at radius 2 is 1.81 bits per heavy atom. The summed E-state index contributed by atoms with van der Waals surface area (Å²) in [7, 11) is 0. The van der Waals surface area contributed by atoms with Crippen molar-refractivity contribution in [2.75, 3.05) is 26.3 Å². The summed E-state index contributed by atoms with van der Waals surface area (Å²) in [6, 6.07) is 7.68. The molecule has 3 N–H and O–H groups in total. The molecular formula is C15H22N2O4. The largest absolute Gasteiger partial charge is 0.394 e. The fourth-order valence-corrected chi connectivity index (χ4v) is 1.76. The zero-order valence-corrected chi connectivity index (χ0v) is 12.4. The molecule has 1 atom stereocenters. The van der Waals surface area contributed by atoms with Crippen molar-refractivity contribution < 1.29 is 19.4 Å². The summed E-state index contributed by atoms with van der Waals surface area (Å²) < 4.78 is 5.51. The number of hydrogen-bond donors (Lipinski definition) is 3. The SMILES string of the molecule is CCNC(=O)C(=O)NCC(OCCO)c1ccc(C)cc1. The minimum Gasteiger partial charge on any atom is -0.394 e. The maximum absolute atomic E-state index is 11.6. The van der Waals surface area contributed by atoms with Gasteiger partial charge in [0.05, 0.1) is 19.3 Å². The Hall–Kier alpha value is -1.92. The van der Waals surface area contributed by atoms with Gasteiger partial charge in [0.25, 0.3) is 0 Å². The van der Waals surface area contributed by atoms with Crippen LogP contribution in [-0.2, 0) is 14.3 Å². The maximum atomic E-state index is 11.6. The molecule has 0 aromatic heterocycles. The number of rotatable bonds is 7. The number of carbonyl (C=O) groups is 2. The van der Waals surface area contributed by atoms with E-state index in [0.29, 0.717) is 6.54 Å². The first-order valence-electron chi connectivity index (χ1n) is 6.93. The fraction of sp³-hybridized carbons (Fsp3) is 0.467. The van der Waals surface area contributed by atoms with Crippen molar-refractivity contribution in [1.29, 1.82) is 0 Å². The molecule has 0 saturated carbocycles. The second-order valence-electron chi connectivity index (χ2n) is 4.56. The molecule has 0 radical (unpaired) electrons. The van der Waals surface area contributed by atoms with E-state index in [-0.39, 0.29) is 19.8 Å². The number of carbonyl (C=O) groups excluding carboxylic acids is 2. The van der Waals surface area contributed by atoms with Crippen molar-refractivity contribution in [2.45, 2.75) is 20.0 Å². The van der Waals surface area contributed by atoms with Gasteiger partial charge in [-0.05, 0) is 19.4 Å². The van der Waals surface area contributed by atoms with Gasteiger partial charge in [-0.15, -0.1) is 0 Å². The summed E-state index contributed by atoms with van der Waals surface area (Å²) in [5, 5.41) is 13.8. The van der Waals surface area contributed by atoms with Gasteiger partial charge in [0.2, 0.25) is 0 Å². The molecule has 116 valence electrons. The van der Waals surface area contributed by atoms with E-state index in [1.54, 1.807) is 6.92 Å². The van der Waals surface area contributed by atoms with Crippen LogP contribution in [0.1, 0.15) is 24.2 Å². The van der Waals surface area contributed by atoms with Gasteiger partial charge in [0, 0.05) is 13.1 Å². The van der Waals surface area contributed by atoms with Crippen molar-refractivity contribution in [1.82, 2.24) is 10.6 Å². The van der Waals surface area contributed by atoms with E-state index in [2.05, 4.69) is 10.6 Å². The van der Waals surface area contributed by atoms with Crippen LogP contribution in [0.15, 0.2) is 24.3 Å². The van der Waals surface area contributed by atoms with Gasteiger partial charge < -0.3 is 20.5 Å². The van der Waals surface area contributed by atoms with Crippen molar-refractivity contribution in [3.63, 3.8) is 0 Å². The Bertz CT molecular complexity index is 459. The molecule has 6 heteroatoms. The predicted octanol–water partition coefficient (Wildman–Crippen LogP) is 0.297. The van der Waals surface area contributed by atoms with E-state index in [4.69, 9.17) is 9.84 Å². The Labute approximate surface area is 124 Å². The van der Waals surface area contributed by atoms with Gasteiger partial charge in [-0.2, -0.15) is 0 Å².